The number of hydrogen-bond donors (Lipinski definition) is 1. The standard InChI is InChI=1S/C23H21N3O4S/c1-4-30-17-11-9-16(10-12-17)20(27)18-19(15-7-5-13(2)6-8-15)26(22(29)21(18)28)23-25-24-14(3)31-23/h5-12,19,27H,4H2,1-3H3/b20-18+/t19-/m1/s1. The maximum Gasteiger partial charge on any atom is 0.301 e. The number of aliphatic hydroxyl groups is 1. The van der Waals surface area contributed by atoms with E-state index in [1.54, 1.807) is 31.2 Å². The predicted molar refractivity (Wildman–Crippen MR) is 118 cm³/mol. The summed E-state index contributed by atoms with van der Waals surface area (Å²) in [6.45, 7) is 6.13. The van der Waals surface area contributed by atoms with Crippen LogP contribution in [0.2, 0.25) is 0 Å². The van der Waals surface area contributed by atoms with Crippen molar-refractivity contribution >= 4 is 33.9 Å². The summed E-state index contributed by atoms with van der Waals surface area (Å²) >= 11 is 1.22. The van der Waals surface area contributed by atoms with E-state index in [9.17, 15) is 14.7 Å². The molecule has 0 spiro atoms. The molecule has 0 aliphatic carbocycles. The van der Waals surface area contributed by atoms with Gasteiger partial charge in [0.05, 0.1) is 18.2 Å². The molecule has 2 heterocycles. The fraction of sp³-hybridized carbons (Fsp3) is 0.217. The number of carbonyl (C=O) groups excluding carboxylic acids is 2. The molecule has 158 valence electrons. The van der Waals surface area contributed by atoms with E-state index in [0.717, 1.165) is 5.56 Å². The Labute approximate surface area is 183 Å². The van der Waals surface area contributed by atoms with E-state index in [1.165, 1.54) is 16.2 Å². The Kier molecular flexibility index (Phi) is 5.56. The van der Waals surface area contributed by atoms with Gasteiger partial charge in [0.25, 0.3) is 5.78 Å². The lowest BCUT2D eigenvalue weighted by Gasteiger charge is -2.22. The van der Waals surface area contributed by atoms with Crippen LogP contribution in [0, 0.1) is 13.8 Å². The minimum absolute atomic E-state index is 0.0193. The fourth-order valence-corrected chi connectivity index (χ4v) is 4.22. The molecule has 0 saturated carbocycles. The van der Waals surface area contributed by atoms with Crippen LogP contribution in [0.1, 0.15) is 34.7 Å². The van der Waals surface area contributed by atoms with Crippen molar-refractivity contribution < 1.29 is 19.4 Å². The molecule has 1 amide bonds. The van der Waals surface area contributed by atoms with E-state index < -0.39 is 17.7 Å². The van der Waals surface area contributed by atoms with Gasteiger partial charge >= 0.3 is 5.91 Å². The van der Waals surface area contributed by atoms with Crippen molar-refractivity contribution in [1.29, 1.82) is 0 Å². The highest BCUT2D eigenvalue weighted by molar-refractivity contribution is 7.15. The highest BCUT2D eigenvalue weighted by atomic mass is 32.1. The molecule has 1 saturated heterocycles. The summed E-state index contributed by atoms with van der Waals surface area (Å²) < 4.78 is 5.44. The lowest BCUT2D eigenvalue weighted by molar-refractivity contribution is -0.132. The summed E-state index contributed by atoms with van der Waals surface area (Å²) in [5, 5.41) is 20.1. The second kappa shape index (κ2) is 8.31. The summed E-state index contributed by atoms with van der Waals surface area (Å²) in [5.74, 6) is -1.09. The fourth-order valence-electron chi connectivity index (χ4n) is 3.51. The van der Waals surface area contributed by atoms with Gasteiger partial charge in [0, 0.05) is 5.56 Å². The second-order valence-corrected chi connectivity index (χ2v) is 8.30. The number of ether oxygens (including phenoxy) is 1. The number of aromatic nitrogens is 2. The van der Waals surface area contributed by atoms with Crippen LogP contribution in [0.25, 0.3) is 5.76 Å². The molecular formula is C23H21N3O4S. The van der Waals surface area contributed by atoms with Crippen LogP contribution in [0.5, 0.6) is 5.75 Å². The third-order valence-corrected chi connectivity index (χ3v) is 5.84. The number of aryl methyl sites for hydroxylation is 2. The number of Topliss-reactive ketones (excluding diaryl/α,β-unsaturated/α-hetero) is 1. The van der Waals surface area contributed by atoms with E-state index in [-0.39, 0.29) is 11.3 Å². The molecule has 1 aliphatic rings. The molecule has 1 aliphatic heterocycles. The number of amides is 1. The maximum absolute atomic E-state index is 13.1. The van der Waals surface area contributed by atoms with Gasteiger partial charge in [-0.15, -0.1) is 10.2 Å². The monoisotopic (exact) mass is 435 g/mol. The quantitative estimate of drug-likeness (QED) is 0.367. The maximum atomic E-state index is 13.1. The normalized spacial score (nSPS) is 17.9. The van der Waals surface area contributed by atoms with E-state index in [2.05, 4.69) is 10.2 Å². The smallest absolute Gasteiger partial charge is 0.301 e. The first-order valence-electron chi connectivity index (χ1n) is 9.81. The molecule has 31 heavy (non-hydrogen) atoms. The van der Waals surface area contributed by atoms with Gasteiger partial charge in [-0.25, -0.2) is 0 Å². The zero-order valence-corrected chi connectivity index (χ0v) is 18.1. The van der Waals surface area contributed by atoms with Crippen LogP contribution in [0.3, 0.4) is 0 Å². The van der Waals surface area contributed by atoms with Gasteiger partial charge in [0.15, 0.2) is 0 Å². The third kappa shape index (κ3) is 3.82. The number of nitrogens with zero attached hydrogens (tertiary/aromatic N) is 3. The molecule has 4 rings (SSSR count). The first-order valence-corrected chi connectivity index (χ1v) is 10.6. The van der Waals surface area contributed by atoms with Gasteiger partial charge in [-0.3, -0.25) is 14.5 Å². The molecule has 0 bridgehead atoms. The molecule has 7 nitrogen and oxygen atoms in total. The largest absolute Gasteiger partial charge is 0.507 e. The average molecular weight is 436 g/mol. The Morgan fingerprint density at radius 2 is 1.74 bits per heavy atom. The molecule has 1 N–H and O–H groups in total. The van der Waals surface area contributed by atoms with Crippen LogP contribution in [0.4, 0.5) is 5.13 Å². The minimum atomic E-state index is -0.806. The van der Waals surface area contributed by atoms with Crippen LogP contribution in [0.15, 0.2) is 54.1 Å². The number of rotatable bonds is 5. The Morgan fingerprint density at radius 3 is 2.32 bits per heavy atom. The first-order chi connectivity index (χ1) is 14.9. The molecular weight excluding hydrogens is 414 g/mol. The number of anilines is 1. The van der Waals surface area contributed by atoms with Crippen LogP contribution < -0.4 is 9.64 Å². The van der Waals surface area contributed by atoms with Crippen molar-refractivity contribution in [3.63, 3.8) is 0 Å². The van der Waals surface area contributed by atoms with Crippen LogP contribution in [-0.4, -0.2) is 33.6 Å². The van der Waals surface area contributed by atoms with Gasteiger partial charge < -0.3 is 9.84 Å². The van der Waals surface area contributed by atoms with Crippen molar-refractivity contribution in [1.82, 2.24) is 10.2 Å². The predicted octanol–water partition coefficient (Wildman–Crippen LogP) is 4.18. The minimum Gasteiger partial charge on any atom is -0.507 e. The number of aliphatic hydroxyl groups excluding tert-OH is 1. The Balaban J connectivity index is 1.87. The van der Waals surface area contributed by atoms with Gasteiger partial charge in [-0.05, 0) is 50.6 Å². The Morgan fingerprint density at radius 1 is 1.06 bits per heavy atom. The molecule has 1 fully saturated rings. The molecule has 1 atom stereocenters. The van der Waals surface area contributed by atoms with Crippen molar-refractivity contribution in [2.24, 2.45) is 0 Å². The van der Waals surface area contributed by atoms with Gasteiger partial charge in [-0.1, -0.05) is 41.2 Å². The first kappa shape index (κ1) is 20.7. The number of ketones is 1. The number of carbonyl (C=O) groups is 2. The summed E-state index contributed by atoms with van der Waals surface area (Å²) in [6, 6.07) is 13.4. The second-order valence-electron chi connectivity index (χ2n) is 7.14. The van der Waals surface area contributed by atoms with Gasteiger partial charge in [-0.2, -0.15) is 0 Å². The topological polar surface area (TPSA) is 92.6 Å². The molecule has 1 aromatic heterocycles. The highest BCUT2D eigenvalue weighted by Gasteiger charge is 2.48. The molecule has 0 radical (unpaired) electrons. The third-order valence-electron chi connectivity index (χ3n) is 5.00. The van der Waals surface area contributed by atoms with Crippen molar-refractivity contribution in [2.75, 3.05) is 11.5 Å². The lowest BCUT2D eigenvalue weighted by atomic mass is 9.95. The van der Waals surface area contributed by atoms with Crippen LogP contribution in [-0.2, 0) is 9.59 Å². The lowest BCUT2D eigenvalue weighted by Crippen LogP contribution is -2.29. The molecule has 8 heteroatoms. The van der Waals surface area contributed by atoms with E-state index in [1.807, 2.05) is 38.1 Å². The average Bonchev–Trinajstić information content (AvgIpc) is 3.30. The van der Waals surface area contributed by atoms with E-state index in [0.29, 0.717) is 33.6 Å². The Hall–Kier alpha value is -3.52. The van der Waals surface area contributed by atoms with Crippen molar-refractivity contribution in [3.8, 4) is 5.75 Å². The van der Waals surface area contributed by atoms with Crippen molar-refractivity contribution in [3.05, 3.63) is 75.8 Å². The summed E-state index contributed by atoms with van der Waals surface area (Å²) in [7, 11) is 0. The Bertz CT molecular complexity index is 1170. The zero-order chi connectivity index (χ0) is 22.1. The molecule has 2 aromatic carbocycles. The zero-order valence-electron chi connectivity index (χ0n) is 17.3. The number of hydrogen-bond acceptors (Lipinski definition) is 7. The summed E-state index contributed by atoms with van der Waals surface area (Å²) in [6.07, 6.45) is 0. The van der Waals surface area contributed by atoms with E-state index in [4.69, 9.17) is 4.74 Å². The number of benzene rings is 2. The molecule has 0 unspecified atom stereocenters. The highest BCUT2D eigenvalue weighted by Crippen LogP contribution is 2.43. The summed E-state index contributed by atoms with van der Waals surface area (Å²) in [4.78, 5) is 27.4. The van der Waals surface area contributed by atoms with Crippen molar-refractivity contribution in [2.45, 2.75) is 26.8 Å². The van der Waals surface area contributed by atoms with Gasteiger partial charge in [0.2, 0.25) is 5.13 Å². The SMILES string of the molecule is CCOc1ccc(/C(O)=C2\C(=O)C(=O)N(c3nnc(C)s3)[C@@H]2c2ccc(C)cc2)cc1. The van der Waals surface area contributed by atoms with E-state index >= 15 is 0 Å². The van der Waals surface area contributed by atoms with Crippen LogP contribution >= 0.6 is 11.3 Å². The summed E-state index contributed by atoms with van der Waals surface area (Å²) in [5.41, 5.74) is 2.18. The molecule has 3 aromatic rings. The van der Waals surface area contributed by atoms with Gasteiger partial charge in [0.1, 0.15) is 16.5 Å².